The van der Waals surface area contributed by atoms with Crippen LogP contribution in [0.3, 0.4) is 0 Å². The van der Waals surface area contributed by atoms with Crippen molar-refractivity contribution in [1.29, 1.82) is 0 Å². The third kappa shape index (κ3) is 3.65. The van der Waals surface area contributed by atoms with Crippen LogP contribution in [0.15, 0.2) is 10.7 Å². The van der Waals surface area contributed by atoms with E-state index >= 15 is 0 Å². The van der Waals surface area contributed by atoms with Crippen molar-refractivity contribution in [2.75, 3.05) is 20.3 Å². The topological polar surface area (TPSA) is 69.8 Å². The zero-order valence-electron chi connectivity index (χ0n) is 11.9. The number of rotatable bonds is 7. The number of aromatic nitrogens is 5. The zero-order valence-corrected chi connectivity index (χ0v) is 13.5. The number of nitrogens with one attached hydrogen (secondary N) is 1. The van der Waals surface area contributed by atoms with E-state index in [0.717, 1.165) is 28.1 Å². The molecule has 2 heterocycles. The molecule has 20 heavy (non-hydrogen) atoms. The number of ether oxygens (including phenoxy) is 1. The fourth-order valence-electron chi connectivity index (χ4n) is 1.89. The van der Waals surface area contributed by atoms with E-state index in [0.29, 0.717) is 19.7 Å². The fourth-order valence-corrected chi connectivity index (χ4v) is 2.35. The van der Waals surface area contributed by atoms with Crippen LogP contribution >= 0.6 is 15.9 Å². The Hall–Kier alpha value is -1.25. The highest BCUT2D eigenvalue weighted by Gasteiger charge is 2.12. The minimum Gasteiger partial charge on any atom is -0.383 e. The van der Waals surface area contributed by atoms with Gasteiger partial charge >= 0.3 is 0 Å². The number of hydrogen-bond acceptors (Lipinski definition) is 5. The Bertz CT molecular complexity index is 564. The summed E-state index contributed by atoms with van der Waals surface area (Å²) >= 11 is 3.55. The van der Waals surface area contributed by atoms with Crippen LogP contribution in [0, 0.1) is 6.92 Å². The highest BCUT2D eigenvalue weighted by Crippen LogP contribution is 2.20. The van der Waals surface area contributed by atoms with Gasteiger partial charge in [0.15, 0.2) is 0 Å². The van der Waals surface area contributed by atoms with Gasteiger partial charge in [0.1, 0.15) is 0 Å². The SMILES string of the molecule is COCCNCc1cn(Cc2c(Br)c(C)nn2C)nn1. The van der Waals surface area contributed by atoms with Crippen LogP contribution in [0.4, 0.5) is 0 Å². The summed E-state index contributed by atoms with van der Waals surface area (Å²) in [6, 6.07) is 0. The standard InChI is InChI=1S/C12H19BrN6O/c1-9-12(13)11(18(2)16-9)8-19-7-10(15-17-19)6-14-4-5-20-3/h7,14H,4-6,8H2,1-3H3. The Kier molecular flexibility index (Phi) is 5.27. The number of methoxy groups -OCH3 is 1. The molecule has 0 aliphatic heterocycles. The quantitative estimate of drug-likeness (QED) is 0.756. The van der Waals surface area contributed by atoms with Crippen molar-refractivity contribution in [3.05, 3.63) is 27.8 Å². The molecule has 0 bridgehead atoms. The molecule has 0 fully saturated rings. The van der Waals surface area contributed by atoms with Crippen LogP contribution in [-0.2, 0) is 24.9 Å². The molecule has 0 saturated carbocycles. The van der Waals surface area contributed by atoms with Gasteiger partial charge in [0.2, 0.25) is 0 Å². The highest BCUT2D eigenvalue weighted by atomic mass is 79.9. The van der Waals surface area contributed by atoms with Gasteiger partial charge < -0.3 is 10.1 Å². The predicted molar refractivity (Wildman–Crippen MR) is 78.4 cm³/mol. The van der Waals surface area contributed by atoms with Crippen molar-refractivity contribution in [3.63, 3.8) is 0 Å². The first-order chi connectivity index (χ1) is 9.61. The summed E-state index contributed by atoms with van der Waals surface area (Å²) in [5.41, 5.74) is 2.96. The lowest BCUT2D eigenvalue weighted by Gasteiger charge is -2.02. The fraction of sp³-hybridized carbons (Fsp3) is 0.583. The second-order valence-corrected chi connectivity index (χ2v) is 5.34. The summed E-state index contributed by atoms with van der Waals surface area (Å²) in [6.45, 7) is 4.79. The average molecular weight is 343 g/mol. The number of nitrogens with zero attached hydrogens (tertiary/aromatic N) is 5. The Morgan fingerprint density at radius 3 is 2.90 bits per heavy atom. The maximum Gasteiger partial charge on any atom is 0.0965 e. The van der Waals surface area contributed by atoms with Crippen LogP contribution in [0.2, 0.25) is 0 Å². The Morgan fingerprint density at radius 2 is 2.25 bits per heavy atom. The molecule has 0 atom stereocenters. The van der Waals surface area contributed by atoms with E-state index in [1.807, 2.05) is 29.5 Å². The molecule has 0 unspecified atom stereocenters. The van der Waals surface area contributed by atoms with Crippen molar-refractivity contribution >= 4 is 15.9 Å². The molecule has 8 heteroatoms. The third-order valence-electron chi connectivity index (χ3n) is 2.95. The first-order valence-electron chi connectivity index (χ1n) is 6.38. The maximum atomic E-state index is 4.97. The first-order valence-corrected chi connectivity index (χ1v) is 7.17. The highest BCUT2D eigenvalue weighted by molar-refractivity contribution is 9.10. The molecule has 2 aromatic rings. The van der Waals surface area contributed by atoms with Gasteiger partial charge in [-0.1, -0.05) is 5.21 Å². The summed E-state index contributed by atoms with van der Waals surface area (Å²) in [6.07, 6.45) is 1.94. The normalized spacial score (nSPS) is 11.2. The molecule has 0 amide bonds. The molecule has 0 aromatic carbocycles. The second-order valence-electron chi connectivity index (χ2n) is 4.55. The van der Waals surface area contributed by atoms with Crippen LogP contribution in [0.5, 0.6) is 0 Å². The number of halogens is 1. The van der Waals surface area contributed by atoms with Crippen molar-refractivity contribution in [3.8, 4) is 0 Å². The lowest BCUT2D eigenvalue weighted by molar-refractivity contribution is 0.199. The lowest BCUT2D eigenvalue weighted by Crippen LogP contribution is -2.18. The number of aryl methyl sites for hydroxylation is 2. The van der Waals surface area contributed by atoms with Crippen LogP contribution in [-0.4, -0.2) is 45.0 Å². The van der Waals surface area contributed by atoms with Gasteiger partial charge in [0.25, 0.3) is 0 Å². The van der Waals surface area contributed by atoms with Crippen LogP contribution < -0.4 is 5.32 Å². The Morgan fingerprint density at radius 1 is 1.45 bits per heavy atom. The Labute approximate surface area is 126 Å². The van der Waals surface area contributed by atoms with Gasteiger partial charge in [-0.15, -0.1) is 5.10 Å². The molecule has 0 spiro atoms. The van der Waals surface area contributed by atoms with Gasteiger partial charge in [-0.3, -0.25) is 4.68 Å². The monoisotopic (exact) mass is 342 g/mol. The summed E-state index contributed by atoms with van der Waals surface area (Å²) in [5.74, 6) is 0. The zero-order chi connectivity index (χ0) is 14.5. The smallest absolute Gasteiger partial charge is 0.0965 e. The van der Waals surface area contributed by atoms with Crippen molar-refractivity contribution < 1.29 is 4.74 Å². The molecule has 0 aliphatic rings. The first kappa shape index (κ1) is 15.1. The molecule has 2 rings (SSSR count). The van der Waals surface area contributed by atoms with E-state index in [-0.39, 0.29) is 0 Å². The Balaban J connectivity index is 1.95. The minimum absolute atomic E-state index is 0.642. The lowest BCUT2D eigenvalue weighted by atomic mass is 10.3. The van der Waals surface area contributed by atoms with E-state index < -0.39 is 0 Å². The minimum atomic E-state index is 0.642. The summed E-state index contributed by atoms with van der Waals surface area (Å²) < 4.78 is 9.67. The molecule has 0 radical (unpaired) electrons. The van der Waals surface area contributed by atoms with Gasteiger partial charge in [0.05, 0.1) is 40.9 Å². The molecule has 110 valence electrons. The van der Waals surface area contributed by atoms with Crippen LogP contribution in [0.25, 0.3) is 0 Å². The number of hydrogen-bond donors (Lipinski definition) is 1. The second kappa shape index (κ2) is 6.96. The van der Waals surface area contributed by atoms with Crippen molar-refractivity contribution in [1.82, 2.24) is 30.1 Å². The summed E-state index contributed by atoms with van der Waals surface area (Å²) in [7, 11) is 3.61. The summed E-state index contributed by atoms with van der Waals surface area (Å²) in [4.78, 5) is 0. The summed E-state index contributed by atoms with van der Waals surface area (Å²) in [5, 5.41) is 15.9. The van der Waals surface area contributed by atoms with E-state index in [1.54, 1.807) is 7.11 Å². The van der Waals surface area contributed by atoms with E-state index in [1.165, 1.54) is 0 Å². The van der Waals surface area contributed by atoms with E-state index in [4.69, 9.17) is 4.74 Å². The molecule has 7 nitrogen and oxygen atoms in total. The molecule has 1 N–H and O–H groups in total. The molecular formula is C12H19BrN6O. The van der Waals surface area contributed by atoms with E-state index in [9.17, 15) is 0 Å². The largest absolute Gasteiger partial charge is 0.383 e. The van der Waals surface area contributed by atoms with Gasteiger partial charge in [-0.25, -0.2) is 4.68 Å². The van der Waals surface area contributed by atoms with Crippen molar-refractivity contribution in [2.45, 2.75) is 20.0 Å². The molecule has 0 aliphatic carbocycles. The van der Waals surface area contributed by atoms with E-state index in [2.05, 4.69) is 36.7 Å². The maximum absolute atomic E-state index is 4.97. The predicted octanol–water partition coefficient (Wildman–Crippen LogP) is 0.867. The van der Waals surface area contributed by atoms with Crippen molar-refractivity contribution in [2.24, 2.45) is 7.05 Å². The molecule has 0 saturated heterocycles. The van der Waals surface area contributed by atoms with Gasteiger partial charge in [-0.05, 0) is 22.9 Å². The molecule has 2 aromatic heterocycles. The third-order valence-corrected chi connectivity index (χ3v) is 3.98. The van der Waals surface area contributed by atoms with Crippen LogP contribution in [0.1, 0.15) is 17.1 Å². The molecular weight excluding hydrogens is 324 g/mol. The average Bonchev–Trinajstić information content (AvgIpc) is 2.96. The van der Waals surface area contributed by atoms with Gasteiger partial charge in [0, 0.05) is 27.2 Å². The van der Waals surface area contributed by atoms with Gasteiger partial charge in [-0.2, -0.15) is 5.10 Å².